The zero-order chi connectivity index (χ0) is 17.1. The van der Waals surface area contributed by atoms with E-state index in [9.17, 15) is 8.42 Å². The van der Waals surface area contributed by atoms with Crippen molar-refractivity contribution in [2.75, 3.05) is 6.54 Å². The van der Waals surface area contributed by atoms with Crippen molar-refractivity contribution in [2.45, 2.75) is 44.0 Å². The third-order valence-corrected chi connectivity index (χ3v) is 5.77. The predicted octanol–water partition coefficient (Wildman–Crippen LogP) is 2.45. The van der Waals surface area contributed by atoms with E-state index in [1.54, 1.807) is 37.5 Å². The second-order valence-electron chi connectivity index (χ2n) is 5.57. The van der Waals surface area contributed by atoms with Gasteiger partial charge in [-0.2, -0.15) is 0 Å². The quantitative estimate of drug-likeness (QED) is 0.808. The van der Waals surface area contributed by atoms with Crippen molar-refractivity contribution in [1.29, 1.82) is 0 Å². The van der Waals surface area contributed by atoms with E-state index in [0.29, 0.717) is 24.4 Å². The molecule has 0 amide bonds. The Balaban J connectivity index is 2.27. The minimum absolute atomic E-state index is 0.209. The fourth-order valence-corrected chi connectivity index (χ4v) is 3.92. The van der Waals surface area contributed by atoms with Crippen molar-refractivity contribution in [2.24, 2.45) is 5.73 Å². The standard InChI is InChI=1S/C16H23N3O3S/c1-4-16(5-2,11-17)19-23(20,21)14-8-6-13(7-9-14)15-10-22-12(3)18-15/h6-10,19H,4-5,11,17H2,1-3H3. The normalized spacial score (nSPS) is 12.5. The van der Waals surface area contributed by atoms with Crippen molar-refractivity contribution >= 4 is 10.0 Å². The Morgan fingerprint density at radius 1 is 1.22 bits per heavy atom. The zero-order valence-electron chi connectivity index (χ0n) is 13.7. The average Bonchev–Trinajstić information content (AvgIpc) is 2.99. The third-order valence-electron chi connectivity index (χ3n) is 4.17. The lowest BCUT2D eigenvalue weighted by Gasteiger charge is -2.31. The van der Waals surface area contributed by atoms with E-state index in [2.05, 4.69) is 9.71 Å². The van der Waals surface area contributed by atoms with Gasteiger partial charge >= 0.3 is 0 Å². The van der Waals surface area contributed by atoms with E-state index in [4.69, 9.17) is 10.2 Å². The highest BCUT2D eigenvalue weighted by Gasteiger charge is 2.30. The maximum atomic E-state index is 12.6. The lowest BCUT2D eigenvalue weighted by Crippen LogP contribution is -2.52. The lowest BCUT2D eigenvalue weighted by molar-refractivity contribution is 0.363. The largest absolute Gasteiger partial charge is 0.449 e. The molecule has 2 aromatic rings. The van der Waals surface area contributed by atoms with Gasteiger partial charge in [0.2, 0.25) is 10.0 Å². The number of oxazole rings is 1. The van der Waals surface area contributed by atoms with Crippen LogP contribution in [-0.2, 0) is 10.0 Å². The minimum atomic E-state index is -3.62. The van der Waals surface area contributed by atoms with Crippen LogP contribution in [0.4, 0.5) is 0 Å². The number of hydrogen-bond acceptors (Lipinski definition) is 5. The smallest absolute Gasteiger partial charge is 0.241 e. The first-order valence-electron chi connectivity index (χ1n) is 7.62. The van der Waals surface area contributed by atoms with Crippen LogP contribution in [0.1, 0.15) is 32.6 Å². The summed E-state index contributed by atoms with van der Waals surface area (Å²) < 4.78 is 33.1. The summed E-state index contributed by atoms with van der Waals surface area (Å²) >= 11 is 0. The molecule has 1 aromatic heterocycles. The Kier molecular flexibility index (Phi) is 5.23. The Labute approximate surface area is 137 Å². The van der Waals surface area contributed by atoms with Crippen LogP contribution in [0.3, 0.4) is 0 Å². The second kappa shape index (κ2) is 6.82. The molecule has 7 heteroatoms. The van der Waals surface area contributed by atoms with Gasteiger partial charge in [0, 0.05) is 24.6 Å². The topological polar surface area (TPSA) is 98.2 Å². The number of nitrogens with two attached hydrogens (primary N) is 1. The fraction of sp³-hybridized carbons (Fsp3) is 0.438. The first kappa shape index (κ1) is 17.7. The molecule has 0 fully saturated rings. The number of sulfonamides is 1. The van der Waals surface area contributed by atoms with E-state index < -0.39 is 15.6 Å². The molecule has 0 aliphatic carbocycles. The number of rotatable bonds is 7. The highest BCUT2D eigenvalue weighted by molar-refractivity contribution is 7.89. The Hall–Kier alpha value is -1.70. The number of aryl methyl sites for hydroxylation is 1. The van der Waals surface area contributed by atoms with E-state index in [1.165, 1.54) is 0 Å². The van der Waals surface area contributed by atoms with Gasteiger partial charge in [-0.05, 0) is 25.0 Å². The molecule has 0 radical (unpaired) electrons. The molecule has 0 spiro atoms. The molecule has 6 nitrogen and oxygen atoms in total. The molecular formula is C16H23N3O3S. The van der Waals surface area contributed by atoms with E-state index in [1.807, 2.05) is 13.8 Å². The molecule has 0 saturated heterocycles. The van der Waals surface area contributed by atoms with Crippen molar-refractivity contribution in [3.8, 4) is 11.3 Å². The molecular weight excluding hydrogens is 314 g/mol. The summed E-state index contributed by atoms with van der Waals surface area (Å²) in [5.41, 5.74) is 6.64. The molecule has 0 unspecified atom stereocenters. The summed E-state index contributed by atoms with van der Waals surface area (Å²) in [5.74, 6) is 0.567. The minimum Gasteiger partial charge on any atom is -0.449 e. The summed E-state index contributed by atoms with van der Waals surface area (Å²) in [7, 11) is -3.62. The van der Waals surface area contributed by atoms with Crippen LogP contribution < -0.4 is 10.5 Å². The van der Waals surface area contributed by atoms with Crippen molar-refractivity contribution in [1.82, 2.24) is 9.71 Å². The van der Waals surface area contributed by atoms with Crippen molar-refractivity contribution < 1.29 is 12.8 Å². The molecule has 1 heterocycles. The number of nitrogens with zero attached hydrogens (tertiary/aromatic N) is 1. The van der Waals surface area contributed by atoms with Crippen molar-refractivity contribution in [3.05, 3.63) is 36.4 Å². The van der Waals surface area contributed by atoms with Crippen LogP contribution in [0.2, 0.25) is 0 Å². The summed E-state index contributed by atoms with van der Waals surface area (Å²) in [6, 6.07) is 6.56. The molecule has 0 saturated carbocycles. The molecule has 23 heavy (non-hydrogen) atoms. The Morgan fingerprint density at radius 2 is 1.83 bits per heavy atom. The molecule has 0 atom stereocenters. The summed E-state index contributed by atoms with van der Waals surface area (Å²) in [6.07, 6.45) is 2.82. The van der Waals surface area contributed by atoms with Crippen LogP contribution in [0.5, 0.6) is 0 Å². The van der Waals surface area contributed by atoms with Gasteiger partial charge in [0.25, 0.3) is 0 Å². The molecule has 126 valence electrons. The SMILES string of the molecule is CCC(CC)(CN)NS(=O)(=O)c1ccc(-c2coc(C)n2)cc1. The van der Waals surface area contributed by atoms with Gasteiger partial charge in [-0.15, -0.1) is 0 Å². The van der Waals surface area contributed by atoms with Gasteiger partial charge in [0.1, 0.15) is 12.0 Å². The number of hydrogen-bond donors (Lipinski definition) is 2. The van der Waals surface area contributed by atoms with Crippen molar-refractivity contribution in [3.63, 3.8) is 0 Å². The zero-order valence-corrected chi connectivity index (χ0v) is 14.5. The summed E-state index contributed by atoms with van der Waals surface area (Å²) in [5, 5.41) is 0. The lowest BCUT2D eigenvalue weighted by atomic mass is 9.95. The Morgan fingerprint density at radius 3 is 2.26 bits per heavy atom. The maximum absolute atomic E-state index is 12.6. The van der Waals surface area contributed by atoms with Gasteiger partial charge < -0.3 is 10.2 Å². The van der Waals surface area contributed by atoms with Gasteiger partial charge in [0.15, 0.2) is 5.89 Å². The molecule has 0 aliphatic rings. The van der Waals surface area contributed by atoms with E-state index >= 15 is 0 Å². The van der Waals surface area contributed by atoms with Gasteiger partial charge in [-0.25, -0.2) is 18.1 Å². The van der Waals surface area contributed by atoms with E-state index in [0.717, 1.165) is 5.56 Å². The third kappa shape index (κ3) is 3.80. The molecule has 3 N–H and O–H groups in total. The van der Waals surface area contributed by atoms with Crippen LogP contribution in [-0.4, -0.2) is 25.5 Å². The molecule has 0 aliphatic heterocycles. The highest BCUT2D eigenvalue weighted by atomic mass is 32.2. The first-order chi connectivity index (χ1) is 10.9. The number of aromatic nitrogens is 1. The first-order valence-corrected chi connectivity index (χ1v) is 9.10. The van der Waals surface area contributed by atoms with Gasteiger partial charge in [0.05, 0.1) is 4.90 Å². The summed E-state index contributed by atoms with van der Waals surface area (Å²) in [4.78, 5) is 4.43. The molecule has 0 bridgehead atoms. The van der Waals surface area contributed by atoms with Gasteiger partial charge in [-0.1, -0.05) is 26.0 Å². The fourth-order valence-electron chi connectivity index (χ4n) is 2.37. The van der Waals surface area contributed by atoms with Crippen LogP contribution >= 0.6 is 0 Å². The highest BCUT2D eigenvalue weighted by Crippen LogP contribution is 2.23. The Bertz CT molecular complexity index is 739. The predicted molar refractivity (Wildman–Crippen MR) is 89.4 cm³/mol. The monoisotopic (exact) mass is 337 g/mol. The number of benzene rings is 1. The van der Waals surface area contributed by atoms with Crippen LogP contribution in [0.25, 0.3) is 11.3 Å². The maximum Gasteiger partial charge on any atom is 0.241 e. The van der Waals surface area contributed by atoms with E-state index in [-0.39, 0.29) is 11.4 Å². The number of nitrogens with one attached hydrogen (secondary N) is 1. The molecule has 1 aromatic carbocycles. The van der Waals surface area contributed by atoms with Crippen LogP contribution in [0.15, 0.2) is 39.8 Å². The van der Waals surface area contributed by atoms with Gasteiger partial charge in [-0.3, -0.25) is 0 Å². The second-order valence-corrected chi connectivity index (χ2v) is 7.26. The summed E-state index contributed by atoms with van der Waals surface area (Å²) in [6.45, 7) is 5.87. The molecule has 2 rings (SSSR count). The van der Waals surface area contributed by atoms with Crippen LogP contribution in [0, 0.1) is 6.92 Å². The average molecular weight is 337 g/mol.